The van der Waals surface area contributed by atoms with Crippen LogP contribution in [0.5, 0.6) is 5.75 Å². The van der Waals surface area contributed by atoms with Crippen LogP contribution < -0.4 is 10.1 Å². The van der Waals surface area contributed by atoms with Gasteiger partial charge in [-0.25, -0.2) is 0 Å². The molecule has 162 valence electrons. The third-order valence-corrected chi connectivity index (χ3v) is 5.60. The average molecular weight is 475 g/mol. The molecule has 0 aromatic heterocycles. The second-order valence-corrected chi connectivity index (χ2v) is 8.62. The number of carbonyl (C=O) groups excluding carboxylic acids is 2. The number of amides is 2. The normalized spacial score (nSPS) is 12.7. The summed E-state index contributed by atoms with van der Waals surface area (Å²) in [7, 11) is 0. The van der Waals surface area contributed by atoms with Crippen LogP contribution in [0.3, 0.4) is 0 Å². The average Bonchev–Trinajstić information content (AvgIpc) is 2.71. The molecular formula is C24H31BrN2O3. The summed E-state index contributed by atoms with van der Waals surface area (Å²) in [5.74, 6) is 0.282. The molecule has 30 heavy (non-hydrogen) atoms. The van der Waals surface area contributed by atoms with Crippen LogP contribution in [0.4, 0.5) is 0 Å². The zero-order chi connectivity index (χ0) is 22.3. The second-order valence-electron chi connectivity index (χ2n) is 7.70. The molecule has 0 fully saturated rings. The molecule has 0 aliphatic carbocycles. The van der Waals surface area contributed by atoms with Gasteiger partial charge in [-0.15, -0.1) is 0 Å². The third-order valence-electron chi connectivity index (χ3n) is 5.11. The van der Waals surface area contributed by atoms with Crippen LogP contribution in [0.1, 0.15) is 43.9 Å². The molecular weight excluding hydrogens is 444 g/mol. The van der Waals surface area contributed by atoms with E-state index in [9.17, 15) is 9.59 Å². The largest absolute Gasteiger partial charge is 0.483 e. The number of nitrogens with zero attached hydrogens (tertiary/aromatic N) is 1. The maximum atomic E-state index is 13.1. The second kappa shape index (κ2) is 11.2. The van der Waals surface area contributed by atoms with Gasteiger partial charge in [-0.05, 0) is 69.0 Å². The summed E-state index contributed by atoms with van der Waals surface area (Å²) < 4.78 is 6.75. The van der Waals surface area contributed by atoms with E-state index < -0.39 is 6.04 Å². The van der Waals surface area contributed by atoms with E-state index in [0.29, 0.717) is 12.3 Å². The maximum Gasteiger partial charge on any atom is 0.261 e. The Kier molecular flexibility index (Phi) is 8.90. The van der Waals surface area contributed by atoms with E-state index >= 15 is 0 Å². The Labute approximate surface area is 187 Å². The Morgan fingerprint density at radius 1 is 1.13 bits per heavy atom. The minimum atomic E-state index is -0.618. The molecule has 2 rings (SSSR count). The summed E-state index contributed by atoms with van der Waals surface area (Å²) in [6.45, 7) is 9.84. The van der Waals surface area contributed by atoms with Crippen molar-refractivity contribution in [3.8, 4) is 5.75 Å². The Balaban J connectivity index is 2.19. The van der Waals surface area contributed by atoms with Crippen molar-refractivity contribution in [3.05, 3.63) is 63.6 Å². The first-order valence-electron chi connectivity index (χ1n) is 10.3. The van der Waals surface area contributed by atoms with Gasteiger partial charge in [0, 0.05) is 17.1 Å². The number of rotatable bonds is 9. The molecule has 6 heteroatoms. The zero-order valence-corrected chi connectivity index (χ0v) is 20.0. The number of hydrogen-bond donors (Lipinski definition) is 1. The first-order valence-corrected chi connectivity index (χ1v) is 11.0. The van der Waals surface area contributed by atoms with Crippen molar-refractivity contribution < 1.29 is 14.3 Å². The van der Waals surface area contributed by atoms with Gasteiger partial charge in [0.05, 0.1) is 0 Å². The third kappa shape index (κ3) is 6.87. The molecule has 0 saturated heterocycles. The molecule has 0 spiro atoms. The Morgan fingerprint density at radius 3 is 2.53 bits per heavy atom. The molecule has 2 aromatic carbocycles. The van der Waals surface area contributed by atoms with Crippen LogP contribution >= 0.6 is 15.9 Å². The van der Waals surface area contributed by atoms with Crippen LogP contribution in [-0.2, 0) is 16.1 Å². The summed E-state index contributed by atoms with van der Waals surface area (Å²) in [4.78, 5) is 27.4. The number of nitrogens with one attached hydrogen (secondary N) is 1. The predicted molar refractivity (Wildman–Crippen MR) is 123 cm³/mol. The molecule has 1 N–H and O–H groups in total. The standard InChI is InChI=1S/C24H31BrN2O3/c1-6-18(4)26-24(29)19(5)27(14-20-8-7-9-21(25)13-20)23(28)15-30-22-12-16(2)10-11-17(22)3/h7-13,18-19H,6,14-15H2,1-5H3,(H,26,29)/t18-,19+/m1/s1. The SMILES string of the molecule is CC[C@@H](C)NC(=O)[C@H](C)N(Cc1cccc(Br)c1)C(=O)COc1cc(C)ccc1C. The molecule has 0 heterocycles. The molecule has 5 nitrogen and oxygen atoms in total. The summed E-state index contributed by atoms with van der Waals surface area (Å²) in [6, 6.07) is 13.1. The number of aryl methyl sites for hydroxylation is 2. The predicted octanol–water partition coefficient (Wildman–Crippen LogP) is 4.78. The fraction of sp³-hybridized carbons (Fsp3) is 0.417. The summed E-state index contributed by atoms with van der Waals surface area (Å²) in [6.07, 6.45) is 0.827. The minimum Gasteiger partial charge on any atom is -0.483 e. The zero-order valence-electron chi connectivity index (χ0n) is 18.4. The first kappa shape index (κ1) is 23.9. The fourth-order valence-corrected chi connectivity index (χ4v) is 3.41. The van der Waals surface area contributed by atoms with Gasteiger partial charge in [0.1, 0.15) is 11.8 Å². The number of ether oxygens (including phenoxy) is 1. The molecule has 0 aliphatic heterocycles. The molecule has 0 radical (unpaired) electrons. The number of carbonyl (C=O) groups is 2. The molecule has 2 atom stereocenters. The van der Waals surface area contributed by atoms with E-state index in [4.69, 9.17) is 4.74 Å². The van der Waals surface area contributed by atoms with Crippen LogP contribution in [0.25, 0.3) is 0 Å². The van der Waals surface area contributed by atoms with Crippen LogP contribution in [0, 0.1) is 13.8 Å². The van der Waals surface area contributed by atoms with E-state index in [2.05, 4.69) is 21.2 Å². The van der Waals surface area contributed by atoms with Gasteiger partial charge in [0.25, 0.3) is 5.91 Å². The summed E-state index contributed by atoms with van der Waals surface area (Å²) in [5.41, 5.74) is 2.97. The Morgan fingerprint density at radius 2 is 1.87 bits per heavy atom. The van der Waals surface area contributed by atoms with Crippen molar-refractivity contribution in [1.82, 2.24) is 10.2 Å². The minimum absolute atomic E-state index is 0.0500. The van der Waals surface area contributed by atoms with E-state index in [1.54, 1.807) is 11.8 Å². The van der Waals surface area contributed by atoms with Crippen molar-refractivity contribution in [2.45, 2.75) is 59.7 Å². The van der Waals surface area contributed by atoms with Gasteiger partial charge < -0.3 is 15.0 Å². The van der Waals surface area contributed by atoms with Gasteiger partial charge >= 0.3 is 0 Å². The molecule has 2 amide bonds. The molecule has 0 bridgehead atoms. The van der Waals surface area contributed by atoms with E-state index in [1.165, 1.54) is 0 Å². The van der Waals surface area contributed by atoms with E-state index in [0.717, 1.165) is 27.6 Å². The summed E-state index contributed by atoms with van der Waals surface area (Å²) in [5, 5.41) is 2.97. The molecule has 0 unspecified atom stereocenters. The van der Waals surface area contributed by atoms with Crippen molar-refractivity contribution in [2.24, 2.45) is 0 Å². The molecule has 0 aliphatic rings. The monoisotopic (exact) mass is 474 g/mol. The van der Waals surface area contributed by atoms with Crippen molar-refractivity contribution in [3.63, 3.8) is 0 Å². The van der Waals surface area contributed by atoms with Gasteiger partial charge in [-0.2, -0.15) is 0 Å². The lowest BCUT2D eigenvalue weighted by atomic mass is 10.1. The molecule has 2 aromatic rings. The lowest BCUT2D eigenvalue weighted by molar-refractivity contribution is -0.142. The van der Waals surface area contributed by atoms with E-state index in [-0.39, 0.29) is 24.5 Å². The van der Waals surface area contributed by atoms with Gasteiger partial charge in [-0.1, -0.05) is 47.1 Å². The lowest BCUT2D eigenvalue weighted by Gasteiger charge is -2.29. The van der Waals surface area contributed by atoms with Crippen molar-refractivity contribution in [1.29, 1.82) is 0 Å². The summed E-state index contributed by atoms with van der Waals surface area (Å²) >= 11 is 3.47. The van der Waals surface area contributed by atoms with Crippen LogP contribution in [-0.4, -0.2) is 35.4 Å². The number of hydrogen-bond acceptors (Lipinski definition) is 3. The number of benzene rings is 2. The highest BCUT2D eigenvalue weighted by Crippen LogP contribution is 2.20. The fourth-order valence-electron chi connectivity index (χ4n) is 2.97. The first-order chi connectivity index (χ1) is 14.2. The quantitative estimate of drug-likeness (QED) is 0.568. The van der Waals surface area contributed by atoms with Crippen LogP contribution in [0.2, 0.25) is 0 Å². The van der Waals surface area contributed by atoms with Crippen LogP contribution in [0.15, 0.2) is 46.9 Å². The highest BCUT2D eigenvalue weighted by Gasteiger charge is 2.27. The smallest absolute Gasteiger partial charge is 0.261 e. The van der Waals surface area contributed by atoms with Gasteiger partial charge in [0.2, 0.25) is 5.91 Å². The van der Waals surface area contributed by atoms with Crippen molar-refractivity contribution in [2.75, 3.05) is 6.61 Å². The van der Waals surface area contributed by atoms with Crippen molar-refractivity contribution >= 4 is 27.7 Å². The molecule has 0 saturated carbocycles. The number of halogens is 1. The van der Waals surface area contributed by atoms with Gasteiger partial charge in [0.15, 0.2) is 6.61 Å². The van der Waals surface area contributed by atoms with E-state index in [1.807, 2.05) is 70.2 Å². The highest BCUT2D eigenvalue weighted by atomic mass is 79.9. The maximum absolute atomic E-state index is 13.1. The lowest BCUT2D eigenvalue weighted by Crippen LogP contribution is -2.50. The topological polar surface area (TPSA) is 58.6 Å². The Hall–Kier alpha value is -2.34. The van der Waals surface area contributed by atoms with Gasteiger partial charge in [-0.3, -0.25) is 9.59 Å². The highest BCUT2D eigenvalue weighted by molar-refractivity contribution is 9.10. The Bertz CT molecular complexity index is 885.